The van der Waals surface area contributed by atoms with E-state index in [0.717, 1.165) is 6.61 Å². The highest BCUT2D eigenvalue weighted by Crippen LogP contribution is 2.21. The Balaban J connectivity index is 1.66. The molecule has 1 saturated carbocycles. The molecule has 0 radical (unpaired) electrons. The van der Waals surface area contributed by atoms with Crippen LogP contribution in [-0.4, -0.2) is 12.7 Å². The molecule has 20 heavy (non-hydrogen) atoms. The van der Waals surface area contributed by atoms with Gasteiger partial charge in [0.05, 0.1) is 6.10 Å². The van der Waals surface area contributed by atoms with Gasteiger partial charge in [-0.25, -0.2) is 0 Å². The Bertz CT molecular complexity index is 184. The molecule has 0 bridgehead atoms. The molecule has 1 nitrogen and oxygen atoms in total. The largest absolute Gasteiger partial charge is 0.378 e. The van der Waals surface area contributed by atoms with Gasteiger partial charge in [0.15, 0.2) is 0 Å². The molecule has 0 N–H and O–H groups in total. The molecular formula is C19H38O. The third-order valence-corrected chi connectivity index (χ3v) is 4.65. The summed E-state index contributed by atoms with van der Waals surface area (Å²) in [4.78, 5) is 0. The van der Waals surface area contributed by atoms with Gasteiger partial charge in [0.2, 0.25) is 0 Å². The SMILES string of the molecule is CCCCCCCCCCCCCCOC1CCCC1. The van der Waals surface area contributed by atoms with Crippen molar-refractivity contribution in [2.24, 2.45) is 0 Å². The molecule has 120 valence electrons. The zero-order chi connectivity index (χ0) is 14.3. The zero-order valence-electron chi connectivity index (χ0n) is 14.0. The summed E-state index contributed by atoms with van der Waals surface area (Å²) < 4.78 is 5.89. The predicted molar refractivity (Wildman–Crippen MR) is 89.3 cm³/mol. The standard InChI is InChI=1S/C19H38O/c1-2-3-4-5-6-7-8-9-10-11-12-15-18-20-19-16-13-14-17-19/h19H,2-18H2,1H3. The van der Waals surface area contributed by atoms with Gasteiger partial charge in [-0.3, -0.25) is 0 Å². The molecular weight excluding hydrogens is 244 g/mol. The molecule has 0 aromatic carbocycles. The molecule has 0 aliphatic heterocycles. The van der Waals surface area contributed by atoms with Crippen molar-refractivity contribution in [3.8, 4) is 0 Å². The van der Waals surface area contributed by atoms with Gasteiger partial charge in [0, 0.05) is 6.61 Å². The van der Waals surface area contributed by atoms with Gasteiger partial charge in [-0.2, -0.15) is 0 Å². The maximum atomic E-state index is 5.89. The van der Waals surface area contributed by atoms with Gasteiger partial charge in [0.25, 0.3) is 0 Å². The van der Waals surface area contributed by atoms with Crippen LogP contribution < -0.4 is 0 Å². The molecule has 1 aliphatic carbocycles. The lowest BCUT2D eigenvalue weighted by Crippen LogP contribution is -2.08. The third kappa shape index (κ3) is 10.7. The Labute approximate surface area is 127 Å². The first kappa shape index (κ1) is 18.0. The van der Waals surface area contributed by atoms with Crippen LogP contribution >= 0.6 is 0 Å². The van der Waals surface area contributed by atoms with Crippen LogP contribution in [0.15, 0.2) is 0 Å². The minimum Gasteiger partial charge on any atom is -0.378 e. The van der Waals surface area contributed by atoms with Crippen molar-refractivity contribution in [3.63, 3.8) is 0 Å². The van der Waals surface area contributed by atoms with Crippen LogP contribution in [-0.2, 0) is 4.74 Å². The molecule has 0 heterocycles. The van der Waals surface area contributed by atoms with E-state index in [2.05, 4.69) is 6.92 Å². The van der Waals surface area contributed by atoms with Gasteiger partial charge >= 0.3 is 0 Å². The Morgan fingerprint density at radius 3 is 1.60 bits per heavy atom. The lowest BCUT2D eigenvalue weighted by molar-refractivity contribution is 0.0556. The lowest BCUT2D eigenvalue weighted by atomic mass is 10.1. The molecule has 0 atom stereocenters. The smallest absolute Gasteiger partial charge is 0.0575 e. The number of hydrogen-bond acceptors (Lipinski definition) is 1. The van der Waals surface area contributed by atoms with E-state index in [9.17, 15) is 0 Å². The van der Waals surface area contributed by atoms with Crippen LogP contribution in [0.3, 0.4) is 0 Å². The maximum absolute atomic E-state index is 5.89. The fourth-order valence-electron chi connectivity index (χ4n) is 3.25. The summed E-state index contributed by atoms with van der Waals surface area (Å²) >= 11 is 0. The molecule has 1 aliphatic rings. The van der Waals surface area contributed by atoms with Crippen LogP contribution in [0.25, 0.3) is 0 Å². The van der Waals surface area contributed by atoms with E-state index in [1.807, 2.05) is 0 Å². The first-order valence-corrected chi connectivity index (χ1v) is 9.55. The monoisotopic (exact) mass is 282 g/mol. The van der Waals surface area contributed by atoms with Crippen molar-refractivity contribution in [2.75, 3.05) is 6.61 Å². The number of rotatable bonds is 14. The van der Waals surface area contributed by atoms with E-state index < -0.39 is 0 Å². The Kier molecular flexibility index (Phi) is 12.5. The normalized spacial score (nSPS) is 16.1. The number of hydrogen-bond donors (Lipinski definition) is 0. The highest BCUT2D eigenvalue weighted by atomic mass is 16.5. The van der Waals surface area contributed by atoms with Crippen molar-refractivity contribution < 1.29 is 4.74 Å². The van der Waals surface area contributed by atoms with Gasteiger partial charge < -0.3 is 4.74 Å². The first-order chi connectivity index (χ1) is 9.93. The summed E-state index contributed by atoms with van der Waals surface area (Å²) in [6.45, 7) is 3.31. The minimum absolute atomic E-state index is 0.614. The second-order valence-electron chi connectivity index (χ2n) is 6.67. The van der Waals surface area contributed by atoms with Gasteiger partial charge in [0.1, 0.15) is 0 Å². The Hall–Kier alpha value is -0.0400. The van der Waals surface area contributed by atoms with E-state index in [1.165, 1.54) is 103 Å². The van der Waals surface area contributed by atoms with Crippen molar-refractivity contribution in [1.29, 1.82) is 0 Å². The molecule has 1 rings (SSSR count). The van der Waals surface area contributed by atoms with Crippen LogP contribution in [0, 0.1) is 0 Å². The van der Waals surface area contributed by atoms with Gasteiger partial charge in [-0.05, 0) is 19.3 Å². The van der Waals surface area contributed by atoms with E-state index in [0.29, 0.717) is 6.10 Å². The molecule has 0 aromatic heterocycles. The van der Waals surface area contributed by atoms with Crippen molar-refractivity contribution in [1.82, 2.24) is 0 Å². The second kappa shape index (κ2) is 13.9. The average molecular weight is 283 g/mol. The quantitative estimate of drug-likeness (QED) is 0.324. The Morgan fingerprint density at radius 1 is 0.650 bits per heavy atom. The lowest BCUT2D eigenvalue weighted by Gasteiger charge is -2.10. The minimum atomic E-state index is 0.614. The molecule has 0 amide bonds. The summed E-state index contributed by atoms with van der Waals surface area (Å²) in [6, 6.07) is 0. The van der Waals surface area contributed by atoms with Crippen LogP contribution in [0.2, 0.25) is 0 Å². The zero-order valence-corrected chi connectivity index (χ0v) is 14.0. The molecule has 0 saturated heterocycles. The highest BCUT2D eigenvalue weighted by molar-refractivity contribution is 4.66. The summed E-state index contributed by atoms with van der Waals surface area (Å²) in [6.07, 6.45) is 23.1. The summed E-state index contributed by atoms with van der Waals surface area (Å²) in [5.41, 5.74) is 0. The van der Waals surface area contributed by atoms with Crippen molar-refractivity contribution >= 4 is 0 Å². The third-order valence-electron chi connectivity index (χ3n) is 4.65. The summed E-state index contributed by atoms with van der Waals surface area (Å²) in [5, 5.41) is 0. The molecule has 0 unspecified atom stereocenters. The van der Waals surface area contributed by atoms with E-state index >= 15 is 0 Å². The fraction of sp³-hybridized carbons (Fsp3) is 1.00. The Morgan fingerprint density at radius 2 is 1.10 bits per heavy atom. The van der Waals surface area contributed by atoms with Crippen molar-refractivity contribution in [3.05, 3.63) is 0 Å². The van der Waals surface area contributed by atoms with Crippen LogP contribution in [0.5, 0.6) is 0 Å². The average Bonchev–Trinajstić information content (AvgIpc) is 2.97. The predicted octanol–water partition coefficient (Wildman–Crippen LogP) is 6.65. The molecule has 1 fully saturated rings. The second-order valence-corrected chi connectivity index (χ2v) is 6.67. The highest BCUT2D eigenvalue weighted by Gasteiger charge is 2.14. The topological polar surface area (TPSA) is 9.23 Å². The summed E-state index contributed by atoms with van der Waals surface area (Å²) in [7, 11) is 0. The van der Waals surface area contributed by atoms with E-state index in [-0.39, 0.29) is 0 Å². The van der Waals surface area contributed by atoms with Crippen LogP contribution in [0.4, 0.5) is 0 Å². The first-order valence-electron chi connectivity index (χ1n) is 9.55. The van der Waals surface area contributed by atoms with E-state index in [1.54, 1.807) is 0 Å². The number of unbranched alkanes of at least 4 members (excludes halogenated alkanes) is 11. The molecule has 1 heteroatoms. The van der Waals surface area contributed by atoms with E-state index in [4.69, 9.17) is 4.74 Å². The van der Waals surface area contributed by atoms with Gasteiger partial charge in [-0.1, -0.05) is 90.4 Å². The van der Waals surface area contributed by atoms with Crippen molar-refractivity contribution in [2.45, 2.75) is 116 Å². The molecule has 0 spiro atoms. The number of ether oxygens (including phenoxy) is 1. The van der Waals surface area contributed by atoms with Gasteiger partial charge in [-0.15, -0.1) is 0 Å². The molecule has 0 aromatic rings. The van der Waals surface area contributed by atoms with Crippen LogP contribution in [0.1, 0.15) is 110 Å². The maximum Gasteiger partial charge on any atom is 0.0575 e. The fourth-order valence-corrected chi connectivity index (χ4v) is 3.25. The summed E-state index contributed by atoms with van der Waals surface area (Å²) in [5.74, 6) is 0.